The molecule has 1 aliphatic heterocycles. The molecule has 1 aromatic carbocycles. The summed E-state index contributed by atoms with van der Waals surface area (Å²) in [7, 11) is 0. The first-order valence-electron chi connectivity index (χ1n) is 6.43. The average molecular weight is 276 g/mol. The molecule has 6 nitrogen and oxygen atoms in total. The van der Waals surface area contributed by atoms with E-state index in [0.717, 1.165) is 0 Å². The summed E-state index contributed by atoms with van der Waals surface area (Å²) in [4.78, 5) is 33.7. The lowest BCUT2D eigenvalue weighted by atomic mass is 9.98. The molecule has 1 saturated heterocycles. The second-order valence-corrected chi connectivity index (χ2v) is 4.80. The highest BCUT2D eigenvalue weighted by atomic mass is 16.4. The summed E-state index contributed by atoms with van der Waals surface area (Å²) in [5.74, 6) is -1.34. The zero-order valence-electron chi connectivity index (χ0n) is 10.9. The number of carbonyl (C=O) groups excluding carboxylic acids is 2. The molecule has 1 fully saturated rings. The fraction of sp³-hybridized carbons (Fsp3) is 0.357. The Morgan fingerprint density at radius 1 is 1.40 bits per heavy atom. The molecule has 0 spiro atoms. The van der Waals surface area contributed by atoms with E-state index in [2.05, 4.69) is 10.6 Å². The second kappa shape index (κ2) is 6.18. The Labute approximate surface area is 116 Å². The van der Waals surface area contributed by atoms with Crippen LogP contribution in [0.4, 0.5) is 5.69 Å². The van der Waals surface area contributed by atoms with Crippen molar-refractivity contribution in [1.82, 2.24) is 5.32 Å². The van der Waals surface area contributed by atoms with Crippen LogP contribution in [-0.2, 0) is 20.8 Å². The smallest absolute Gasteiger partial charge is 0.307 e. The topological polar surface area (TPSA) is 95.5 Å². The van der Waals surface area contributed by atoms with E-state index in [9.17, 15) is 14.4 Å². The van der Waals surface area contributed by atoms with Crippen LogP contribution < -0.4 is 10.6 Å². The Morgan fingerprint density at radius 3 is 2.85 bits per heavy atom. The fourth-order valence-corrected chi connectivity index (χ4v) is 2.13. The summed E-state index contributed by atoms with van der Waals surface area (Å²) in [6.07, 6.45) is 0.812. The van der Waals surface area contributed by atoms with Crippen molar-refractivity contribution in [3.63, 3.8) is 0 Å². The van der Waals surface area contributed by atoms with Crippen LogP contribution in [0, 0.1) is 5.92 Å². The Morgan fingerprint density at radius 2 is 2.20 bits per heavy atom. The van der Waals surface area contributed by atoms with Gasteiger partial charge in [-0.2, -0.15) is 0 Å². The number of hydrogen-bond donors (Lipinski definition) is 3. The van der Waals surface area contributed by atoms with Crippen molar-refractivity contribution < 1.29 is 19.5 Å². The molecule has 1 aromatic rings. The van der Waals surface area contributed by atoms with Crippen molar-refractivity contribution in [3.8, 4) is 0 Å². The molecular formula is C14H16N2O4. The van der Waals surface area contributed by atoms with Gasteiger partial charge in [0.05, 0.1) is 12.3 Å². The van der Waals surface area contributed by atoms with Crippen LogP contribution in [0.15, 0.2) is 24.3 Å². The van der Waals surface area contributed by atoms with Gasteiger partial charge < -0.3 is 15.7 Å². The Bertz CT molecular complexity index is 532. The highest BCUT2D eigenvalue weighted by Crippen LogP contribution is 2.16. The minimum absolute atomic E-state index is 0.0301. The number of carboxylic acid groups (broad SMARTS) is 1. The van der Waals surface area contributed by atoms with Crippen LogP contribution >= 0.6 is 0 Å². The van der Waals surface area contributed by atoms with Crippen LogP contribution in [0.25, 0.3) is 0 Å². The third-order valence-electron chi connectivity index (χ3n) is 3.19. The summed E-state index contributed by atoms with van der Waals surface area (Å²) in [5, 5.41) is 14.2. The zero-order chi connectivity index (χ0) is 14.5. The zero-order valence-corrected chi connectivity index (χ0v) is 10.9. The van der Waals surface area contributed by atoms with E-state index in [1.807, 2.05) is 0 Å². The van der Waals surface area contributed by atoms with E-state index in [-0.39, 0.29) is 24.2 Å². The van der Waals surface area contributed by atoms with E-state index in [0.29, 0.717) is 30.6 Å². The lowest BCUT2D eigenvalue weighted by Gasteiger charge is -2.21. The molecule has 106 valence electrons. The molecule has 2 rings (SSSR count). The highest BCUT2D eigenvalue weighted by molar-refractivity contribution is 5.94. The number of carbonyl (C=O) groups is 3. The molecule has 0 bridgehead atoms. The Kier molecular flexibility index (Phi) is 4.34. The number of aliphatic carboxylic acids is 1. The van der Waals surface area contributed by atoms with Gasteiger partial charge in [0, 0.05) is 18.7 Å². The minimum atomic E-state index is -0.913. The third kappa shape index (κ3) is 3.81. The lowest BCUT2D eigenvalue weighted by molar-refractivity contribution is -0.136. The van der Waals surface area contributed by atoms with Crippen molar-refractivity contribution >= 4 is 23.5 Å². The minimum Gasteiger partial charge on any atom is -0.481 e. The quantitative estimate of drug-likeness (QED) is 0.757. The molecule has 0 radical (unpaired) electrons. The number of rotatable bonds is 4. The summed E-state index contributed by atoms with van der Waals surface area (Å²) in [6, 6.07) is 6.76. The van der Waals surface area contributed by atoms with E-state index >= 15 is 0 Å². The van der Waals surface area contributed by atoms with Crippen LogP contribution in [0.1, 0.15) is 18.4 Å². The molecule has 6 heteroatoms. The van der Waals surface area contributed by atoms with Crippen molar-refractivity contribution in [3.05, 3.63) is 29.8 Å². The number of amides is 2. The lowest BCUT2D eigenvalue weighted by Crippen LogP contribution is -2.40. The average Bonchev–Trinajstić information content (AvgIpc) is 2.39. The third-order valence-corrected chi connectivity index (χ3v) is 3.19. The van der Waals surface area contributed by atoms with Crippen molar-refractivity contribution in [1.29, 1.82) is 0 Å². The molecule has 1 aliphatic rings. The number of carboxylic acids is 1. The second-order valence-electron chi connectivity index (χ2n) is 4.80. The van der Waals surface area contributed by atoms with Crippen LogP contribution in [0.5, 0.6) is 0 Å². The number of nitrogens with one attached hydrogen (secondary N) is 2. The Balaban J connectivity index is 1.97. The van der Waals surface area contributed by atoms with Gasteiger partial charge in [-0.1, -0.05) is 12.1 Å². The van der Waals surface area contributed by atoms with Crippen molar-refractivity contribution in [2.75, 3.05) is 11.9 Å². The molecule has 1 atom stereocenters. The predicted octanol–water partition coefficient (Wildman–Crippen LogP) is 0.778. The highest BCUT2D eigenvalue weighted by Gasteiger charge is 2.24. The van der Waals surface area contributed by atoms with Gasteiger partial charge in [-0.3, -0.25) is 14.4 Å². The first kappa shape index (κ1) is 14.0. The summed E-state index contributed by atoms with van der Waals surface area (Å²) in [6.45, 7) is 0.347. The normalized spacial score (nSPS) is 18.2. The maximum Gasteiger partial charge on any atom is 0.307 e. The van der Waals surface area contributed by atoms with Gasteiger partial charge in [-0.05, 0) is 24.1 Å². The molecule has 0 saturated carbocycles. The number of hydrogen-bond acceptors (Lipinski definition) is 3. The van der Waals surface area contributed by atoms with Crippen molar-refractivity contribution in [2.45, 2.75) is 19.3 Å². The molecule has 1 unspecified atom stereocenters. The maximum absolute atomic E-state index is 12.0. The van der Waals surface area contributed by atoms with Gasteiger partial charge >= 0.3 is 5.97 Å². The summed E-state index contributed by atoms with van der Waals surface area (Å²) in [5.41, 5.74) is 1.21. The Hall–Kier alpha value is -2.37. The monoisotopic (exact) mass is 276 g/mol. The molecular weight excluding hydrogens is 260 g/mol. The van der Waals surface area contributed by atoms with Gasteiger partial charge in [0.2, 0.25) is 11.8 Å². The fourth-order valence-electron chi connectivity index (χ4n) is 2.13. The molecule has 2 amide bonds. The molecule has 1 heterocycles. The van der Waals surface area contributed by atoms with E-state index in [1.165, 1.54) is 0 Å². The van der Waals surface area contributed by atoms with E-state index in [1.54, 1.807) is 24.3 Å². The number of piperidine rings is 1. The standard InChI is InChI=1S/C14H16N2O4/c17-12-5-4-10(8-15-12)14(20)16-11-3-1-2-9(6-11)7-13(18)19/h1-3,6,10H,4-5,7-8H2,(H,15,17)(H,16,20)(H,18,19). The largest absolute Gasteiger partial charge is 0.481 e. The molecule has 3 N–H and O–H groups in total. The maximum atomic E-state index is 12.0. The first-order valence-corrected chi connectivity index (χ1v) is 6.43. The number of anilines is 1. The van der Waals surface area contributed by atoms with Crippen LogP contribution in [0.3, 0.4) is 0 Å². The van der Waals surface area contributed by atoms with Gasteiger partial charge in [0.1, 0.15) is 0 Å². The van der Waals surface area contributed by atoms with Crippen LogP contribution in [0.2, 0.25) is 0 Å². The molecule has 0 aliphatic carbocycles. The van der Waals surface area contributed by atoms with E-state index in [4.69, 9.17) is 5.11 Å². The number of benzene rings is 1. The molecule has 0 aromatic heterocycles. The summed E-state index contributed by atoms with van der Waals surface area (Å²) < 4.78 is 0. The van der Waals surface area contributed by atoms with E-state index < -0.39 is 5.97 Å². The van der Waals surface area contributed by atoms with Gasteiger partial charge in [0.25, 0.3) is 0 Å². The van der Waals surface area contributed by atoms with Crippen molar-refractivity contribution in [2.24, 2.45) is 5.92 Å². The SMILES string of the molecule is O=C(O)Cc1cccc(NC(=O)C2CCC(=O)NC2)c1. The summed E-state index contributed by atoms with van der Waals surface area (Å²) >= 11 is 0. The first-order chi connectivity index (χ1) is 9.54. The molecule has 20 heavy (non-hydrogen) atoms. The predicted molar refractivity (Wildman–Crippen MR) is 72.1 cm³/mol. The van der Waals surface area contributed by atoms with Gasteiger partial charge in [-0.15, -0.1) is 0 Å². The van der Waals surface area contributed by atoms with Gasteiger partial charge in [-0.25, -0.2) is 0 Å². The van der Waals surface area contributed by atoms with Gasteiger partial charge in [0.15, 0.2) is 0 Å². The van der Waals surface area contributed by atoms with Crippen LogP contribution in [-0.4, -0.2) is 29.4 Å².